The van der Waals surface area contributed by atoms with E-state index in [1.807, 2.05) is 6.92 Å². The standard InChI is InChI=1S/C64H116O15/c1-7-10-13-15-17-18-19-20-21-22-23-24-25-26-32-41-48-64(73)79-55(51-75-63(72)47-40-34-28-31-38-45-59(76-52(4)65)56(68)43-36-29-16-14-11-8-2)50-74-62(71)46-39-33-27-30-37-44-58(70)61(78-54(6)67)49-60(77-53(5)66)57(69)42-35-12-9-3/h21-22,55-61,68-70H,7-20,23-51H2,1-6H3/b22-21-. The van der Waals surface area contributed by atoms with Gasteiger partial charge in [0.25, 0.3) is 0 Å². The molecule has 0 bridgehead atoms. The SMILES string of the molecule is CCCCCCCCC/C=C\CCCCCCCC(=O)OC(COC(=O)CCCCCCCC(O)C(CC(OC(C)=O)C(O)CCCCC)OC(C)=O)COC(=O)CCCCCCCC(OC(C)=O)C(O)CCCCCCCC. The van der Waals surface area contributed by atoms with Crippen molar-refractivity contribution in [1.29, 1.82) is 0 Å². The van der Waals surface area contributed by atoms with Crippen molar-refractivity contribution in [2.45, 2.75) is 348 Å². The fourth-order valence-electron chi connectivity index (χ4n) is 9.75. The fourth-order valence-corrected chi connectivity index (χ4v) is 9.75. The van der Waals surface area contributed by atoms with Crippen LogP contribution in [0.25, 0.3) is 0 Å². The van der Waals surface area contributed by atoms with E-state index in [2.05, 4.69) is 26.0 Å². The van der Waals surface area contributed by atoms with E-state index >= 15 is 0 Å². The highest BCUT2D eigenvalue weighted by atomic mass is 16.6. The summed E-state index contributed by atoms with van der Waals surface area (Å²) < 4.78 is 33.1. The third-order valence-electron chi connectivity index (χ3n) is 14.5. The van der Waals surface area contributed by atoms with E-state index in [1.54, 1.807) is 0 Å². The molecule has 0 saturated carbocycles. The number of hydrogen-bond donors (Lipinski definition) is 3. The number of unbranched alkanes of at least 4 members (excludes halogenated alkanes) is 27. The first-order chi connectivity index (χ1) is 38.1. The van der Waals surface area contributed by atoms with Gasteiger partial charge in [0.05, 0.1) is 18.3 Å². The highest BCUT2D eigenvalue weighted by Crippen LogP contribution is 2.23. The van der Waals surface area contributed by atoms with Crippen LogP contribution in [0.2, 0.25) is 0 Å². The van der Waals surface area contributed by atoms with Gasteiger partial charge in [-0.2, -0.15) is 0 Å². The number of carbonyl (C=O) groups is 6. The average molecular weight is 1130 g/mol. The molecule has 0 aliphatic rings. The Bertz CT molecular complexity index is 1540. The van der Waals surface area contributed by atoms with Crippen molar-refractivity contribution in [3.05, 3.63) is 12.2 Å². The molecule has 7 unspecified atom stereocenters. The quantitative estimate of drug-likeness (QED) is 0.0223. The molecule has 7 atom stereocenters. The minimum absolute atomic E-state index is 0.0208. The van der Waals surface area contributed by atoms with Crippen LogP contribution in [0.3, 0.4) is 0 Å². The first-order valence-electron chi connectivity index (χ1n) is 31.8. The molecule has 0 spiro atoms. The molecule has 3 N–H and O–H groups in total. The van der Waals surface area contributed by atoms with Crippen LogP contribution >= 0.6 is 0 Å². The maximum absolute atomic E-state index is 13.0. The Morgan fingerprint density at radius 2 is 0.633 bits per heavy atom. The first-order valence-corrected chi connectivity index (χ1v) is 31.8. The van der Waals surface area contributed by atoms with Crippen LogP contribution in [0.15, 0.2) is 12.2 Å². The van der Waals surface area contributed by atoms with E-state index in [1.165, 1.54) is 85.0 Å². The molecular formula is C64H116O15. The monoisotopic (exact) mass is 1120 g/mol. The van der Waals surface area contributed by atoms with E-state index in [0.29, 0.717) is 51.4 Å². The normalized spacial score (nSPS) is 14.2. The summed E-state index contributed by atoms with van der Waals surface area (Å²) in [6.45, 7) is 9.89. The predicted molar refractivity (Wildman–Crippen MR) is 312 cm³/mol. The second kappa shape index (κ2) is 53.7. The molecular weight excluding hydrogens is 1010 g/mol. The van der Waals surface area contributed by atoms with Crippen LogP contribution in [0.5, 0.6) is 0 Å². The van der Waals surface area contributed by atoms with E-state index in [0.717, 1.165) is 122 Å². The van der Waals surface area contributed by atoms with Gasteiger partial charge in [0.1, 0.15) is 31.5 Å². The number of aliphatic hydroxyl groups is 3. The molecule has 15 heteroatoms. The zero-order valence-corrected chi connectivity index (χ0v) is 50.8. The average Bonchev–Trinajstić information content (AvgIpc) is 3.40. The molecule has 0 aromatic carbocycles. The molecule has 0 fully saturated rings. The van der Waals surface area contributed by atoms with Gasteiger partial charge in [0.15, 0.2) is 6.10 Å². The Balaban J connectivity index is 5.01. The summed E-state index contributed by atoms with van der Waals surface area (Å²) in [7, 11) is 0. The minimum Gasteiger partial charge on any atom is -0.462 e. The molecule has 0 aromatic heterocycles. The minimum atomic E-state index is -1.02. The third-order valence-corrected chi connectivity index (χ3v) is 14.5. The molecule has 15 nitrogen and oxygen atoms in total. The van der Waals surface area contributed by atoms with Crippen molar-refractivity contribution in [2.24, 2.45) is 0 Å². The van der Waals surface area contributed by atoms with Crippen LogP contribution < -0.4 is 0 Å². The molecule has 462 valence electrons. The van der Waals surface area contributed by atoms with Crippen LogP contribution in [-0.4, -0.2) is 107 Å². The van der Waals surface area contributed by atoms with Gasteiger partial charge in [-0.15, -0.1) is 0 Å². The van der Waals surface area contributed by atoms with Crippen LogP contribution in [-0.2, 0) is 57.2 Å². The smallest absolute Gasteiger partial charge is 0.306 e. The van der Waals surface area contributed by atoms with Crippen molar-refractivity contribution in [3.63, 3.8) is 0 Å². The topological polar surface area (TPSA) is 218 Å². The number of carbonyl (C=O) groups excluding carboxylic acids is 6. The summed E-state index contributed by atoms with van der Waals surface area (Å²) in [6, 6.07) is 0. The summed E-state index contributed by atoms with van der Waals surface area (Å²) in [4.78, 5) is 74.1. The number of allylic oxidation sites excluding steroid dienone is 2. The van der Waals surface area contributed by atoms with Gasteiger partial charge in [0.2, 0.25) is 0 Å². The van der Waals surface area contributed by atoms with Gasteiger partial charge >= 0.3 is 35.8 Å². The van der Waals surface area contributed by atoms with Gasteiger partial charge in [-0.25, -0.2) is 0 Å². The Morgan fingerprint density at radius 1 is 0.342 bits per heavy atom. The Kier molecular flexibility index (Phi) is 51.3. The van der Waals surface area contributed by atoms with E-state index in [-0.39, 0.29) is 44.9 Å². The van der Waals surface area contributed by atoms with Crippen LogP contribution in [0, 0.1) is 0 Å². The highest BCUT2D eigenvalue weighted by molar-refractivity contribution is 5.71. The fraction of sp³-hybridized carbons (Fsp3) is 0.875. The number of rotatable bonds is 56. The first kappa shape index (κ1) is 75.4. The second-order valence-electron chi connectivity index (χ2n) is 22.2. The molecule has 79 heavy (non-hydrogen) atoms. The lowest BCUT2D eigenvalue weighted by Gasteiger charge is -2.29. The van der Waals surface area contributed by atoms with Crippen molar-refractivity contribution >= 4 is 35.8 Å². The zero-order valence-electron chi connectivity index (χ0n) is 50.8. The molecule has 0 aliphatic heterocycles. The summed E-state index contributed by atoms with van der Waals surface area (Å²) in [5, 5.41) is 32.5. The van der Waals surface area contributed by atoms with Crippen molar-refractivity contribution < 1.29 is 72.5 Å². The van der Waals surface area contributed by atoms with Gasteiger partial charge < -0.3 is 43.7 Å². The molecule has 0 aliphatic carbocycles. The Hall–Kier alpha value is -3.56. The van der Waals surface area contributed by atoms with Crippen molar-refractivity contribution in [2.75, 3.05) is 13.2 Å². The summed E-state index contributed by atoms with van der Waals surface area (Å²) in [5.74, 6) is -2.84. The summed E-state index contributed by atoms with van der Waals surface area (Å²) >= 11 is 0. The second-order valence-corrected chi connectivity index (χ2v) is 22.2. The number of esters is 6. The molecule has 0 aromatic rings. The van der Waals surface area contributed by atoms with Gasteiger partial charge in [0, 0.05) is 46.5 Å². The van der Waals surface area contributed by atoms with Crippen molar-refractivity contribution in [3.8, 4) is 0 Å². The van der Waals surface area contributed by atoms with Crippen LogP contribution in [0.4, 0.5) is 0 Å². The van der Waals surface area contributed by atoms with Gasteiger partial charge in [-0.3, -0.25) is 28.8 Å². The lowest BCUT2D eigenvalue weighted by atomic mass is 9.96. The van der Waals surface area contributed by atoms with E-state index in [9.17, 15) is 44.1 Å². The van der Waals surface area contributed by atoms with E-state index < -0.39 is 72.6 Å². The third kappa shape index (κ3) is 48.8. The number of hydrogen-bond acceptors (Lipinski definition) is 15. The van der Waals surface area contributed by atoms with Crippen molar-refractivity contribution in [1.82, 2.24) is 0 Å². The molecule has 0 rings (SSSR count). The summed E-state index contributed by atoms with van der Waals surface area (Å²) in [6.07, 6.45) is 34.1. The number of aliphatic hydroxyl groups excluding tert-OH is 3. The number of ether oxygens (including phenoxy) is 6. The molecule has 0 amide bonds. The maximum Gasteiger partial charge on any atom is 0.306 e. The Labute approximate surface area is 479 Å². The maximum atomic E-state index is 13.0. The zero-order chi connectivity index (χ0) is 58.6. The van der Waals surface area contributed by atoms with Gasteiger partial charge in [-0.1, -0.05) is 193 Å². The van der Waals surface area contributed by atoms with E-state index in [4.69, 9.17) is 28.4 Å². The summed E-state index contributed by atoms with van der Waals surface area (Å²) in [5.41, 5.74) is 0. The molecule has 0 heterocycles. The van der Waals surface area contributed by atoms with Crippen LogP contribution in [0.1, 0.15) is 305 Å². The Morgan fingerprint density at radius 3 is 1.03 bits per heavy atom. The molecule has 0 saturated heterocycles. The largest absolute Gasteiger partial charge is 0.462 e. The lowest BCUT2D eigenvalue weighted by Crippen LogP contribution is -2.40. The highest BCUT2D eigenvalue weighted by Gasteiger charge is 2.32. The lowest BCUT2D eigenvalue weighted by molar-refractivity contribution is -0.167. The molecule has 0 radical (unpaired) electrons. The predicted octanol–water partition coefficient (Wildman–Crippen LogP) is 14.5. The van der Waals surface area contributed by atoms with Gasteiger partial charge in [-0.05, 0) is 77.0 Å².